The summed E-state index contributed by atoms with van der Waals surface area (Å²) in [4.78, 5) is 4.08. The molecule has 0 aliphatic carbocycles. The summed E-state index contributed by atoms with van der Waals surface area (Å²) in [6, 6.07) is 17.9. The van der Waals surface area contributed by atoms with Crippen molar-refractivity contribution in [2.24, 2.45) is 0 Å². The third kappa shape index (κ3) is 4.37. The van der Waals surface area contributed by atoms with Crippen molar-refractivity contribution < 1.29 is 0 Å². The number of para-hydroxylation sites is 1. The summed E-state index contributed by atoms with van der Waals surface area (Å²) in [5.41, 5.74) is 3.94. The van der Waals surface area contributed by atoms with E-state index in [-0.39, 0.29) is 0 Å². The van der Waals surface area contributed by atoms with Gasteiger partial charge in [-0.05, 0) is 30.7 Å². The molecule has 0 bridgehead atoms. The van der Waals surface area contributed by atoms with Crippen molar-refractivity contribution in [1.29, 1.82) is 0 Å². The summed E-state index contributed by atoms with van der Waals surface area (Å²) in [5, 5.41) is 17.0. The minimum absolute atomic E-state index is 0.700. The number of thioether (sulfide) groups is 1. The molecular weight excluding hydrogens is 392 g/mol. The van der Waals surface area contributed by atoms with E-state index in [4.69, 9.17) is 11.6 Å². The average molecular weight is 411 g/mol. The summed E-state index contributed by atoms with van der Waals surface area (Å²) < 4.78 is 1.75. The monoisotopic (exact) mass is 410 g/mol. The van der Waals surface area contributed by atoms with Crippen molar-refractivity contribution in [3.63, 3.8) is 0 Å². The highest BCUT2D eigenvalue weighted by atomic mass is 35.5. The number of rotatable bonds is 8. The summed E-state index contributed by atoms with van der Waals surface area (Å²) in [7, 11) is 0. The van der Waals surface area contributed by atoms with Gasteiger partial charge in [0, 0.05) is 28.6 Å². The van der Waals surface area contributed by atoms with Gasteiger partial charge in [-0.25, -0.2) is 9.67 Å². The minimum Gasteiger partial charge on any atom is -0.385 e. The Morgan fingerprint density at radius 3 is 2.64 bits per heavy atom. The number of nitrogens with one attached hydrogen (secondary N) is 2. The van der Waals surface area contributed by atoms with E-state index in [1.54, 1.807) is 22.8 Å². The second-order valence-electron chi connectivity index (χ2n) is 6.09. The lowest BCUT2D eigenvalue weighted by Crippen LogP contribution is -2.02. The van der Waals surface area contributed by atoms with Crippen LogP contribution in [0.5, 0.6) is 0 Å². The third-order valence-electron chi connectivity index (χ3n) is 4.15. The highest BCUT2D eigenvalue weighted by Gasteiger charge is 2.17. The molecule has 28 heavy (non-hydrogen) atoms. The molecule has 142 valence electrons. The molecule has 0 fully saturated rings. The highest BCUT2D eigenvalue weighted by Crippen LogP contribution is 2.33. The topological polar surface area (TPSA) is 71.4 Å². The Hall–Kier alpha value is -2.77. The number of H-pyrrole nitrogens is 1. The molecule has 4 rings (SSSR count). The van der Waals surface area contributed by atoms with Gasteiger partial charge in [0.15, 0.2) is 0 Å². The van der Waals surface area contributed by atoms with E-state index in [1.165, 1.54) is 6.33 Å². The molecule has 4 aromatic rings. The van der Waals surface area contributed by atoms with Gasteiger partial charge in [-0.3, -0.25) is 5.10 Å². The number of anilines is 1. The molecule has 2 aromatic heterocycles. The van der Waals surface area contributed by atoms with Crippen LogP contribution in [0.4, 0.5) is 5.69 Å². The Kier molecular flexibility index (Phi) is 5.94. The van der Waals surface area contributed by atoms with Crippen molar-refractivity contribution >= 4 is 29.1 Å². The van der Waals surface area contributed by atoms with Gasteiger partial charge in [-0.15, -0.1) is 11.8 Å². The van der Waals surface area contributed by atoms with Crippen LogP contribution in [0.2, 0.25) is 5.02 Å². The first kappa shape index (κ1) is 18.6. The van der Waals surface area contributed by atoms with Crippen LogP contribution in [0.1, 0.15) is 6.42 Å². The van der Waals surface area contributed by atoms with Gasteiger partial charge in [0.05, 0.1) is 5.69 Å². The number of benzene rings is 2. The number of nitrogens with zero attached hydrogens (tertiary/aromatic N) is 4. The lowest BCUT2D eigenvalue weighted by molar-refractivity contribution is 0.855. The lowest BCUT2D eigenvalue weighted by atomic mass is 10.1. The Bertz CT molecular complexity index is 999. The van der Waals surface area contributed by atoms with Crippen LogP contribution in [0.25, 0.3) is 16.9 Å². The fourth-order valence-electron chi connectivity index (χ4n) is 2.80. The molecule has 2 N–H and O–H groups in total. The molecule has 0 aliphatic rings. The van der Waals surface area contributed by atoms with Crippen LogP contribution in [-0.2, 0) is 0 Å². The summed E-state index contributed by atoms with van der Waals surface area (Å²) in [6.07, 6.45) is 4.22. The summed E-state index contributed by atoms with van der Waals surface area (Å²) >= 11 is 7.72. The van der Waals surface area contributed by atoms with E-state index >= 15 is 0 Å². The molecule has 2 aromatic carbocycles. The Morgan fingerprint density at radius 1 is 1.07 bits per heavy atom. The predicted octanol–water partition coefficient (Wildman–Crippen LogP) is 4.91. The second-order valence-corrected chi connectivity index (χ2v) is 7.61. The maximum atomic E-state index is 6.02. The maximum absolute atomic E-state index is 6.02. The molecule has 0 unspecified atom stereocenters. The highest BCUT2D eigenvalue weighted by molar-refractivity contribution is 7.99. The van der Waals surface area contributed by atoms with Gasteiger partial charge in [0.1, 0.15) is 23.4 Å². The smallest absolute Gasteiger partial charge is 0.144 e. The normalized spacial score (nSPS) is 10.9. The first-order valence-electron chi connectivity index (χ1n) is 8.92. The van der Waals surface area contributed by atoms with Crippen molar-refractivity contribution in [3.05, 3.63) is 72.3 Å². The van der Waals surface area contributed by atoms with Crippen LogP contribution >= 0.6 is 23.4 Å². The molecule has 0 saturated heterocycles. The Balaban J connectivity index is 1.45. The first-order chi connectivity index (χ1) is 13.8. The zero-order valence-corrected chi connectivity index (χ0v) is 16.6. The Labute approximate surface area is 172 Å². The van der Waals surface area contributed by atoms with Crippen molar-refractivity contribution in [1.82, 2.24) is 25.0 Å². The first-order valence-corrected chi connectivity index (χ1v) is 10.3. The van der Waals surface area contributed by atoms with Crippen molar-refractivity contribution in [2.45, 2.75) is 11.4 Å². The number of aromatic amines is 1. The third-order valence-corrected chi connectivity index (χ3v) is 5.46. The van der Waals surface area contributed by atoms with E-state index in [9.17, 15) is 0 Å². The molecule has 6 nitrogen and oxygen atoms in total. The molecule has 0 aliphatic heterocycles. The zero-order valence-electron chi connectivity index (χ0n) is 15.0. The zero-order chi connectivity index (χ0) is 19.2. The van der Waals surface area contributed by atoms with E-state index in [1.807, 2.05) is 42.5 Å². The maximum Gasteiger partial charge on any atom is 0.144 e. The summed E-state index contributed by atoms with van der Waals surface area (Å²) in [5.74, 6) is 0.937. The van der Waals surface area contributed by atoms with Crippen LogP contribution in [0, 0.1) is 0 Å². The molecule has 0 radical (unpaired) electrons. The van der Waals surface area contributed by atoms with Crippen LogP contribution in [0.3, 0.4) is 0 Å². The molecular formula is C20H19ClN6S. The molecule has 0 amide bonds. The van der Waals surface area contributed by atoms with Crippen LogP contribution in [0.15, 0.2) is 72.3 Å². The van der Waals surface area contributed by atoms with E-state index in [2.05, 4.69) is 37.7 Å². The largest absolute Gasteiger partial charge is 0.385 e. The quantitative estimate of drug-likeness (QED) is 0.319. The SMILES string of the molecule is Clc1ccc(-c2[nH]nc(SCCCNc3ccccc3)c2-n2cncn2)cc1. The number of hydrogen-bond acceptors (Lipinski definition) is 5. The van der Waals surface area contributed by atoms with E-state index < -0.39 is 0 Å². The number of hydrogen-bond donors (Lipinski definition) is 2. The minimum atomic E-state index is 0.700. The Morgan fingerprint density at radius 2 is 1.89 bits per heavy atom. The van der Waals surface area contributed by atoms with Crippen LogP contribution in [-0.4, -0.2) is 37.3 Å². The van der Waals surface area contributed by atoms with Gasteiger partial charge in [0.25, 0.3) is 0 Å². The molecule has 0 saturated carbocycles. The van der Waals surface area contributed by atoms with Gasteiger partial charge in [-0.2, -0.15) is 10.2 Å². The fourth-order valence-corrected chi connectivity index (χ4v) is 3.85. The van der Waals surface area contributed by atoms with Gasteiger partial charge < -0.3 is 5.32 Å². The number of aromatic nitrogens is 5. The lowest BCUT2D eigenvalue weighted by Gasteiger charge is -2.07. The fraction of sp³-hybridized carbons (Fsp3) is 0.150. The van der Waals surface area contributed by atoms with Gasteiger partial charge in [-0.1, -0.05) is 41.9 Å². The van der Waals surface area contributed by atoms with Crippen molar-refractivity contribution in [2.75, 3.05) is 17.6 Å². The molecule has 0 spiro atoms. The standard InChI is InChI=1S/C20H19ClN6S/c21-16-9-7-15(8-10-16)18-19(27-14-22-13-24-27)20(26-25-18)28-12-4-11-23-17-5-2-1-3-6-17/h1-3,5-10,13-14,23H,4,11-12H2,(H,25,26). The molecule has 0 atom stereocenters. The molecule has 8 heteroatoms. The second kappa shape index (κ2) is 8.95. The number of halogens is 1. The van der Waals surface area contributed by atoms with Crippen LogP contribution < -0.4 is 5.32 Å². The van der Waals surface area contributed by atoms with E-state index in [0.29, 0.717) is 5.02 Å². The van der Waals surface area contributed by atoms with Crippen molar-refractivity contribution in [3.8, 4) is 16.9 Å². The van der Waals surface area contributed by atoms with E-state index in [0.717, 1.165) is 46.4 Å². The predicted molar refractivity (Wildman–Crippen MR) is 114 cm³/mol. The average Bonchev–Trinajstić information content (AvgIpc) is 3.39. The molecule has 2 heterocycles. The van der Waals surface area contributed by atoms with Gasteiger partial charge >= 0.3 is 0 Å². The summed E-state index contributed by atoms with van der Waals surface area (Å²) in [6.45, 7) is 0.907. The van der Waals surface area contributed by atoms with Gasteiger partial charge in [0.2, 0.25) is 0 Å².